The first-order valence-corrected chi connectivity index (χ1v) is 7.49. The summed E-state index contributed by atoms with van der Waals surface area (Å²) in [5.74, 6) is -0.159. The highest BCUT2D eigenvalue weighted by Gasteiger charge is 2.04. The zero-order valence-corrected chi connectivity index (χ0v) is 12.8. The van der Waals surface area contributed by atoms with Crippen molar-refractivity contribution in [1.82, 2.24) is 5.43 Å². The Morgan fingerprint density at radius 2 is 1.64 bits per heavy atom. The molecular weight excluding hydrogens is 274 g/mol. The van der Waals surface area contributed by atoms with Gasteiger partial charge in [0.2, 0.25) is 0 Å². The Morgan fingerprint density at radius 3 is 2.27 bits per heavy atom. The van der Waals surface area contributed by atoms with Crippen LogP contribution in [0.5, 0.6) is 0 Å². The van der Waals surface area contributed by atoms with Crippen LogP contribution in [-0.4, -0.2) is 18.2 Å². The molecule has 2 aromatic rings. The van der Waals surface area contributed by atoms with Crippen molar-refractivity contribution >= 4 is 17.3 Å². The highest BCUT2D eigenvalue weighted by Crippen LogP contribution is 2.06. The van der Waals surface area contributed by atoms with Crippen molar-refractivity contribution in [3.8, 4) is 0 Å². The van der Waals surface area contributed by atoms with Crippen molar-refractivity contribution in [3.63, 3.8) is 0 Å². The molecule has 0 aromatic heterocycles. The fourth-order valence-corrected chi connectivity index (χ4v) is 2.04. The minimum atomic E-state index is -0.159. The summed E-state index contributed by atoms with van der Waals surface area (Å²) >= 11 is 0. The van der Waals surface area contributed by atoms with Crippen LogP contribution in [0, 0.1) is 0 Å². The van der Waals surface area contributed by atoms with Crippen molar-refractivity contribution in [2.24, 2.45) is 5.10 Å². The molecule has 1 amide bonds. The predicted octanol–water partition coefficient (Wildman–Crippen LogP) is 3.42. The number of amides is 1. The molecule has 0 radical (unpaired) electrons. The second-order valence-corrected chi connectivity index (χ2v) is 4.93. The summed E-state index contributed by atoms with van der Waals surface area (Å²) < 4.78 is 0. The molecule has 2 rings (SSSR count). The lowest BCUT2D eigenvalue weighted by molar-refractivity contribution is -0.119. The Hall–Kier alpha value is -2.62. The van der Waals surface area contributed by atoms with E-state index < -0.39 is 0 Å². The number of carbonyl (C=O) groups excluding carboxylic acids is 1. The predicted molar refractivity (Wildman–Crippen MR) is 91.0 cm³/mol. The number of hydrogen-bond acceptors (Lipinski definition) is 3. The van der Waals surface area contributed by atoms with Gasteiger partial charge in [0.25, 0.3) is 5.91 Å². The van der Waals surface area contributed by atoms with Crippen molar-refractivity contribution < 1.29 is 4.79 Å². The Bertz CT molecular complexity index is 609. The molecule has 0 aliphatic carbocycles. The van der Waals surface area contributed by atoms with Crippen molar-refractivity contribution in [2.45, 2.75) is 19.8 Å². The maximum Gasteiger partial charge on any atom is 0.259 e. The van der Waals surface area contributed by atoms with Crippen LogP contribution in [0.25, 0.3) is 0 Å². The van der Waals surface area contributed by atoms with Gasteiger partial charge < -0.3 is 5.32 Å². The molecule has 0 heterocycles. The topological polar surface area (TPSA) is 53.5 Å². The third kappa shape index (κ3) is 5.05. The van der Waals surface area contributed by atoms with Crippen molar-refractivity contribution in [3.05, 3.63) is 66.2 Å². The third-order valence-electron chi connectivity index (χ3n) is 3.14. The largest absolute Gasteiger partial charge is 0.376 e. The highest BCUT2D eigenvalue weighted by molar-refractivity contribution is 6.01. The molecule has 0 atom stereocenters. The number of nitrogens with one attached hydrogen (secondary N) is 2. The number of nitrogens with zero attached hydrogens (tertiary/aromatic N) is 1. The highest BCUT2D eigenvalue weighted by atomic mass is 16.2. The van der Waals surface area contributed by atoms with Gasteiger partial charge in [0.1, 0.15) is 0 Å². The summed E-state index contributed by atoms with van der Waals surface area (Å²) in [5.41, 5.74) is 5.48. The first-order valence-electron chi connectivity index (χ1n) is 7.49. The summed E-state index contributed by atoms with van der Waals surface area (Å²) in [5, 5.41) is 7.33. The second-order valence-electron chi connectivity index (χ2n) is 4.93. The molecule has 0 aliphatic heterocycles. The number of para-hydroxylation sites is 1. The summed E-state index contributed by atoms with van der Waals surface area (Å²) in [4.78, 5) is 11.9. The fraction of sp³-hybridized carbons (Fsp3) is 0.222. The first-order chi connectivity index (χ1) is 10.8. The normalized spacial score (nSPS) is 11.0. The van der Waals surface area contributed by atoms with Gasteiger partial charge in [-0.2, -0.15) is 5.10 Å². The zero-order chi connectivity index (χ0) is 15.6. The monoisotopic (exact) mass is 295 g/mol. The maximum absolute atomic E-state index is 11.9. The number of anilines is 1. The standard InChI is InChI=1S/C18H21N3O/c1-2-9-17(15-10-5-3-6-11-15)20-21-18(22)14-19-16-12-7-4-8-13-16/h3-8,10-13,19H,2,9,14H2,1H3,(H,21,22)/b20-17+. The molecule has 0 saturated heterocycles. The van der Waals surface area contributed by atoms with Gasteiger partial charge in [0.15, 0.2) is 0 Å². The Balaban J connectivity index is 1.91. The second kappa shape index (κ2) is 8.62. The van der Waals surface area contributed by atoms with Gasteiger partial charge in [0, 0.05) is 5.69 Å². The molecule has 0 saturated carbocycles. The molecule has 4 nitrogen and oxygen atoms in total. The molecule has 114 valence electrons. The van der Waals surface area contributed by atoms with E-state index in [1.807, 2.05) is 60.7 Å². The lowest BCUT2D eigenvalue weighted by atomic mass is 10.1. The van der Waals surface area contributed by atoms with Gasteiger partial charge in [-0.15, -0.1) is 0 Å². The average molecular weight is 295 g/mol. The van der Waals surface area contributed by atoms with Crippen LogP contribution in [0.15, 0.2) is 65.8 Å². The molecule has 0 fully saturated rings. The minimum Gasteiger partial charge on any atom is -0.376 e. The summed E-state index contributed by atoms with van der Waals surface area (Å²) in [6.07, 6.45) is 1.81. The van der Waals surface area contributed by atoms with Crippen LogP contribution in [0.4, 0.5) is 5.69 Å². The van der Waals surface area contributed by atoms with E-state index in [1.54, 1.807) is 0 Å². The quantitative estimate of drug-likeness (QED) is 0.607. The Kier molecular flexibility index (Phi) is 6.18. The molecule has 2 aromatic carbocycles. The van der Waals surface area contributed by atoms with Crippen LogP contribution in [0.2, 0.25) is 0 Å². The average Bonchev–Trinajstić information content (AvgIpc) is 2.58. The van der Waals surface area contributed by atoms with Gasteiger partial charge >= 0.3 is 0 Å². The number of benzene rings is 2. The molecule has 4 heteroatoms. The molecule has 0 spiro atoms. The molecule has 22 heavy (non-hydrogen) atoms. The SMILES string of the molecule is CCC/C(=N\NC(=O)CNc1ccccc1)c1ccccc1. The number of hydrazone groups is 1. The molecular formula is C18H21N3O. The first kappa shape index (κ1) is 15.8. The van der Waals surface area contributed by atoms with E-state index in [0.29, 0.717) is 0 Å². The van der Waals surface area contributed by atoms with Crippen LogP contribution < -0.4 is 10.7 Å². The Labute approximate surface area is 131 Å². The summed E-state index contributed by atoms with van der Waals surface area (Å²) in [6.45, 7) is 2.29. The van der Waals surface area contributed by atoms with Gasteiger partial charge in [-0.25, -0.2) is 5.43 Å². The van der Waals surface area contributed by atoms with Gasteiger partial charge in [-0.1, -0.05) is 61.9 Å². The molecule has 2 N–H and O–H groups in total. The van der Waals surface area contributed by atoms with Crippen LogP contribution in [0.3, 0.4) is 0 Å². The van der Waals surface area contributed by atoms with E-state index in [0.717, 1.165) is 29.8 Å². The van der Waals surface area contributed by atoms with E-state index in [2.05, 4.69) is 22.8 Å². The van der Waals surface area contributed by atoms with E-state index in [-0.39, 0.29) is 12.5 Å². The lowest BCUT2D eigenvalue weighted by Crippen LogP contribution is -2.27. The number of hydrogen-bond donors (Lipinski definition) is 2. The molecule has 0 bridgehead atoms. The molecule has 0 aliphatic rings. The van der Waals surface area contributed by atoms with Crippen molar-refractivity contribution in [1.29, 1.82) is 0 Å². The van der Waals surface area contributed by atoms with E-state index in [9.17, 15) is 4.79 Å². The van der Waals surface area contributed by atoms with E-state index >= 15 is 0 Å². The van der Waals surface area contributed by atoms with Crippen LogP contribution >= 0.6 is 0 Å². The lowest BCUT2D eigenvalue weighted by Gasteiger charge is -2.07. The van der Waals surface area contributed by atoms with E-state index in [4.69, 9.17) is 0 Å². The fourth-order valence-electron chi connectivity index (χ4n) is 2.04. The number of carbonyl (C=O) groups is 1. The van der Waals surface area contributed by atoms with Crippen LogP contribution in [0.1, 0.15) is 25.3 Å². The minimum absolute atomic E-state index is 0.159. The Morgan fingerprint density at radius 1 is 1.00 bits per heavy atom. The summed E-state index contributed by atoms with van der Waals surface area (Å²) in [6, 6.07) is 19.5. The smallest absolute Gasteiger partial charge is 0.259 e. The third-order valence-corrected chi connectivity index (χ3v) is 3.14. The van der Waals surface area contributed by atoms with Gasteiger partial charge in [0.05, 0.1) is 12.3 Å². The molecule has 0 unspecified atom stereocenters. The van der Waals surface area contributed by atoms with Crippen molar-refractivity contribution in [2.75, 3.05) is 11.9 Å². The zero-order valence-electron chi connectivity index (χ0n) is 12.8. The van der Waals surface area contributed by atoms with Crippen LogP contribution in [-0.2, 0) is 4.79 Å². The number of rotatable bonds is 7. The van der Waals surface area contributed by atoms with Gasteiger partial charge in [-0.3, -0.25) is 4.79 Å². The van der Waals surface area contributed by atoms with E-state index in [1.165, 1.54) is 0 Å². The maximum atomic E-state index is 11.9. The summed E-state index contributed by atoms with van der Waals surface area (Å²) in [7, 11) is 0. The van der Waals surface area contributed by atoms with Gasteiger partial charge in [-0.05, 0) is 24.1 Å².